The molecule has 4 N–H and O–H groups in total. The lowest BCUT2D eigenvalue weighted by Crippen LogP contribution is -2.23. The maximum Gasteiger partial charge on any atom is 0.417 e. The molecule has 0 aromatic heterocycles. The predicted octanol–water partition coefficient (Wildman–Crippen LogP) is 5.08. The number of sulfonamides is 1. The fourth-order valence-corrected chi connectivity index (χ4v) is 3.96. The monoisotopic (exact) mass is 552 g/mol. The van der Waals surface area contributed by atoms with Crippen LogP contribution >= 0.6 is 0 Å². The second kappa shape index (κ2) is 9.55. The van der Waals surface area contributed by atoms with E-state index in [2.05, 4.69) is 0 Å². The smallest absolute Gasteiger partial charge is 0.417 e. The van der Waals surface area contributed by atoms with Crippen LogP contribution in [0.25, 0.3) is 11.1 Å². The largest absolute Gasteiger partial charge is 0.493 e. The number of rotatable bonds is 6. The van der Waals surface area contributed by atoms with Gasteiger partial charge in [-0.2, -0.15) is 26.3 Å². The van der Waals surface area contributed by atoms with Crippen LogP contribution in [-0.2, 0) is 22.4 Å². The highest BCUT2D eigenvalue weighted by molar-refractivity contribution is 7.89. The number of carbonyl (C=O) groups excluding carboxylic acids is 1. The topological polar surface area (TPSA) is 122 Å². The lowest BCUT2D eigenvalue weighted by atomic mass is 9.91. The minimum Gasteiger partial charge on any atom is -0.493 e. The molecule has 198 valence electrons. The van der Waals surface area contributed by atoms with Gasteiger partial charge in [0.1, 0.15) is 11.6 Å². The van der Waals surface area contributed by atoms with Crippen molar-refractivity contribution < 1.29 is 53.4 Å². The van der Waals surface area contributed by atoms with Crippen molar-refractivity contribution in [3.63, 3.8) is 0 Å². The zero-order chi connectivity index (χ0) is 27.9. The Labute approximate surface area is 204 Å². The summed E-state index contributed by atoms with van der Waals surface area (Å²) in [6, 6.07) is 5.44. The molecule has 3 aromatic carbocycles. The third-order valence-corrected chi connectivity index (χ3v) is 5.84. The molecule has 7 nitrogen and oxygen atoms in total. The highest BCUT2D eigenvalue weighted by atomic mass is 32.2. The Bertz CT molecular complexity index is 1490. The third kappa shape index (κ3) is 5.77. The molecule has 37 heavy (non-hydrogen) atoms. The molecule has 0 aliphatic carbocycles. The molecule has 0 atom stereocenters. The number of primary amides is 1. The van der Waals surface area contributed by atoms with Crippen LogP contribution in [0.4, 0.5) is 30.7 Å². The van der Waals surface area contributed by atoms with E-state index >= 15 is 0 Å². The molecule has 3 rings (SSSR count). The molecule has 0 aliphatic heterocycles. The van der Waals surface area contributed by atoms with Gasteiger partial charge in [-0.3, -0.25) is 4.79 Å². The van der Waals surface area contributed by atoms with Gasteiger partial charge >= 0.3 is 12.4 Å². The van der Waals surface area contributed by atoms with Crippen molar-refractivity contribution in [1.82, 2.24) is 0 Å². The molecule has 0 saturated carbocycles. The van der Waals surface area contributed by atoms with Crippen molar-refractivity contribution in [1.29, 1.82) is 0 Å². The standard InChI is InChI=1S/C22H15F7N2O5S/c1-35-16-8-11(23)5-6-15(16)36-19-17(10-3-2-4-12(7-10)37(31,33)34)13(21(24,25)26)9-14(22(27,28)29)18(19)20(30)32/h2-9H,1H3,(H2,30,32)(H2,31,33,34). The maximum atomic E-state index is 14.1. The molecule has 1 amide bonds. The second-order valence-electron chi connectivity index (χ2n) is 7.38. The van der Waals surface area contributed by atoms with Gasteiger partial charge in [0, 0.05) is 11.6 Å². The number of benzene rings is 3. The summed E-state index contributed by atoms with van der Waals surface area (Å²) in [6.07, 6.45) is -11.0. The number of hydrogen-bond acceptors (Lipinski definition) is 5. The molecule has 0 saturated heterocycles. The predicted molar refractivity (Wildman–Crippen MR) is 115 cm³/mol. The van der Waals surface area contributed by atoms with E-state index in [9.17, 15) is 43.9 Å². The Balaban J connectivity index is 2.57. The first-order chi connectivity index (χ1) is 16.9. The maximum absolute atomic E-state index is 14.1. The lowest BCUT2D eigenvalue weighted by molar-refractivity contribution is -0.143. The number of nitrogens with two attached hydrogens (primary N) is 2. The van der Waals surface area contributed by atoms with Gasteiger partial charge in [-0.1, -0.05) is 12.1 Å². The number of amides is 1. The summed E-state index contributed by atoms with van der Waals surface area (Å²) in [7, 11) is -3.47. The number of ether oxygens (including phenoxy) is 2. The van der Waals surface area contributed by atoms with E-state index in [-0.39, 0.29) is 6.07 Å². The molecule has 15 heteroatoms. The van der Waals surface area contributed by atoms with Crippen molar-refractivity contribution in [3.05, 3.63) is 71.0 Å². The SMILES string of the molecule is COc1cc(F)ccc1Oc1c(C(N)=O)c(C(F)(F)F)cc(C(F)(F)F)c1-c1cccc(S(N)(=O)=O)c1. The molecular weight excluding hydrogens is 537 g/mol. The normalized spacial score (nSPS) is 12.4. The molecule has 0 bridgehead atoms. The van der Waals surface area contributed by atoms with Crippen LogP contribution in [0.5, 0.6) is 17.2 Å². The molecule has 3 aromatic rings. The Morgan fingerprint density at radius 3 is 2.03 bits per heavy atom. The summed E-state index contributed by atoms with van der Waals surface area (Å²) in [4.78, 5) is 11.5. The van der Waals surface area contributed by atoms with Crippen molar-refractivity contribution in [2.45, 2.75) is 17.2 Å². The van der Waals surface area contributed by atoms with Gasteiger partial charge in [-0.15, -0.1) is 0 Å². The fourth-order valence-electron chi connectivity index (χ4n) is 3.40. The van der Waals surface area contributed by atoms with Gasteiger partial charge in [-0.05, 0) is 35.9 Å². The Kier molecular flexibility index (Phi) is 7.16. The summed E-state index contributed by atoms with van der Waals surface area (Å²) in [5.74, 6) is -5.07. The lowest BCUT2D eigenvalue weighted by Gasteiger charge is -2.24. The third-order valence-electron chi connectivity index (χ3n) is 4.93. The average molecular weight is 552 g/mol. The summed E-state index contributed by atoms with van der Waals surface area (Å²) in [5.41, 5.74) is -2.14. The van der Waals surface area contributed by atoms with Crippen LogP contribution in [0.15, 0.2) is 53.4 Å². The van der Waals surface area contributed by atoms with E-state index in [0.717, 1.165) is 43.5 Å². The number of carbonyl (C=O) groups is 1. The summed E-state index contributed by atoms with van der Waals surface area (Å²) < 4.78 is 131. The molecule has 0 heterocycles. The summed E-state index contributed by atoms with van der Waals surface area (Å²) >= 11 is 0. The van der Waals surface area contributed by atoms with Crippen molar-refractivity contribution in [3.8, 4) is 28.4 Å². The van der Waals surface area contributed by atoms with Gasteiger partial charge in [-0.25, -0.2) is 17.9 Å². The minimum atomic E-state index is -5.52. The van der Waals surface area contributed by atoms with Crippen LogP contribution in [0.2, 0.25) is 0 Å². The van der Waals surface area contributed by atoms with Crippen molar-refractivity contribution >= 4 is 15.9 Å². The van der Waals surface area contributed by atoms with Gasteiger partial charge in [0.15, 0.2) is 11.5 Å². The van der Waals surface area contributed by atoms with Crippen LogP contribution in [0.1, 0.15) is 21.5 Å². The fraction of sp³-hybridized carbons (Fsp3) is 0.136. The molecule has 0 radical (unpaired) electrons. The van der Waals surface area contributed by atoms with Crippen molar-refractivity contribution in [2.24, 2.45) is 10.9 Å². The van der Waals surface area contributed by atoms with E-state index in [1.807, 2.05) is 0 Å². The van der Waals surface area contributed by atoms with E-state index in [1.165, 1.54) is 0 Å². The Hall–Kier alpha value is -3.85. The van der Waals surface area contributed by atoms with E-state index in [4.69, 9.17) is 20.3 Å². The minimum absolute atomic E-state index is 0.339. The first kappa shape index (κ1) is 27.7. The quantitative estimate of drug-likeness (QED) is 0.414. The Morgan fingerprint density at radius 2 is 1.51 bits per heavy atom. The number of hydrogen-bond donors (Lipinski definition) is 2. The average Bonchev–Trinajstić information content (AvgIpc) is 2.77. The van der Waals surface area contributed by atoms with Gasteiger partial charge < -0.3 is 15.2 Å². The number of methoxy groups -OCH3 is 1. The first-order valence-electron chi connectivity index (χ1n) is 9.75. The highest BCUT2D eigenvalue weighted by Crippen LogP contribution is 2.50. The summed E-state index contributed by atoms with van der Waals surface area (Å²) in [5, 5.41) is 5.04. The van der Waals surface area contributed by atoms with E-state index < -0.39 is 84.1 Å². The van der Waals surface area contributed by atoms with E-state index in [1.54, 1.807) is 0 Å². The molecular formula is C22H15F7N2O5S. The van der Waals surface area contributed by atoms with Gasteiger partial charge in [0.2, 0.25) is 10.0 Å². The number of alkyl halides is 6. The highest BCUT2D eigenvalue weighted by Gasteiger charge is 2.44. The van der Waals surface area contributed by atoms with Crippen LogP contribution < -0.4 is 20.3 Å². The van der Waals surface area contributed by atoms with Gasteiger partial charge in [0.25, 0.3) is 5.91 Å². The van der Waals surface area contributed by atoms with Crippen LogP contribution in [0, 0.1) is 5.82 Å². The van der Waals surface area contributed by atoms with Crippen LogP contribution in [-0.4, -0.2) is 21.4 Å². The zero-order valence-corrected chi connectivity index (χ0v) is 19.2. The molecule has 0 unspecified atom stereocenters. The molecule has 0 spiro atoms. The summed E-state index contributed by atoms with van der Waals surface area (Å²) in [6.45, 7) is 0. The number of halogens is 7. The van der Waals surface area contributed by atoms with Crippen molar-refractivity contribution in [2.75, 3.05) is 7.11 Å². The van der Waals surface area contributed by atoms with Gasteiger partial charge in [0.05, 0.1) is 28.7 Å². The zero-order valence-electron chi connectivity index (χ0n) is 18.4. The van der Waals surface area contributed by atoms with Crippen LogP contribution in [0.3, 0.4) is 0 Å². The second-order valence-corrected chi connectivity index (χ2v) is 8.94. The van der Waals surface area contributed by atoms with E-state index in [0.29, 0.717) is 6.07 Å². The molecule has 0 fully saturated rings. The molecule has 0 aliphatic rings. The Morgan fingerprint density at radius 1 is 0.892 bits per heavy atom. The number of primary sulfonamides is 1. The first-order valence-corrected chi connectivity index (χ1v) is 11.3.